The van der Waals surface area contributed by atoms with Gasteiger partial charge in [-0.3, -0.25) is 4.79 Å². The number of aliphatic carboxylic acids is 1. The number of rotatable bonds is 4. The van der Waals surface area contributed by atoms with Gasteiger partial charge in [0.1, 0.15) is 11.6 Å². The first kappa shape index (κ1) is 18.3. The number of methoxy groups -OCH3 is 1. The number of carboxylic acids is 1. The first-order valence-corrected chi connectivity index (χ1v) is 7.44. The maximum Gasteiger partial charge on any atom is 0.408 e. The molecule has 1 aliphatic carbocycles. The highest BCUT2D eigenvalue weighted by Crippen LogP contribution is 2.31. The predicted molar refractivity (Wildman–Crippen MR) is 78.3 cm³/mol. The van der Waals surface area contributed by atoms with E-state index in [4.69, 9.17) is 14.6 Å². The predicted octanol–water partition coefficient (Wildman–Crippen LogP) is 1.94. The van der Waals surface area contributed by atoms with Crippen LogP contribution in [0.2, 0.25) is 0 Å². The second kappa shape index (κ2) is 7.47. The Hall–Kier alpha value is -1.79. The molecule has 1 fully saturated rings. The van der Waals surface area contributed by atoms with Crippen molar-refractivity contribution in [3.05, 3.63) is 0 Å². The fourth-order valence-corrected chi connectivity index (χ4v) is 2.63. The molecule has 22 heavy (non-hydrogen) atoms. The summed E-state index contributed by atoms with van der Waals surface area (Å²) >= 11 is 0. The lowest BCUT2D eigenvalue weighted by Gasteiger charge is -2.32. The summed E-state index contributed by atoms with van der Waals surface area (Å²) in [7, 11) is 1.26. The molecule has 0 aromatic carbocycles. The quantitative estimate of drug-likeness (QED) is 0.769. The maximum atomic E-state index is 11.9. The molecule has 0 saturated heterocycles. The molecular weight excluding hydrogens is 290 g/mol. The number of carbonyl (C=O) groups excluding carboxylic acids is 2. The van der Waals surface area contributed by atoms with Crippen molar-refractivity contribution < 1.29 is 29.0 Å². The van der Waals surface area contributed by atoms with E-state index in [-0.39, 0.29) is 11.8 Å². The summed E-state index contributed by atoms with van der Waals surface area (Å²) in [5, 5.41) is 11.6. The number of hydrogen-bond donors (Lipinski definition) is 2. The molecule has 0 unspecified atom stereocenters. The Morgan fingerprint density at radius 1 is 1.14 bits per heavy atom. The van der Waals surface area contributed by atoms with Gasteiger partial charge in [0.25, 0.3) is 0 Å². The minimum Gasteiger partial charge on any atom is -0.481 e. The van der Waals surface area contributed by atoms with Gasteiger partial charge in [-0.25, -0.2) is 9.59 Å². The number of alkyl carbamates (subject to hydrolysis) is 1. The molecule has 1 saturated carbocycles. The van der Waals surface area contributed by atoms with Gasteiger partial charge in [-0.15, -0.1) is 0 Å². The standard InChI is InChI=1S/C15H25NO6/c1-15(2,3)22-14(20)16-11(13(19)21-4)9-5-7-10(8-6-9)12(17)18/h9-11H,5-8H2,1-4H3,(H,16,20)(H,17,18)/t9?,10?,11-/m0/s1. The lowest BCUT2D eigenvalue weighted by Crippen LogP contribution is -2.49. The zero-order valence-corrected chi connectivity index (χ0v) is 13.5. The largest absolute Gasteiger partial charge is 0.481 e. The fourth-order valence-electron chi connectivity index (χ4n) is 2.63. The SMILES string of the molecule is COC(=O)[C@@H](NC(=O)OC(C)(C)C)C1CCC(C(=O)O)CC1. The van der Waals surface area contributed by atoms with Crippen molar-refractivity contribution in [2.75, 3.05) is 7.11 Å². The minimum absolute atomic E-state index is 0.143. The molecule has 0 aromatic rings. The van der Waals surface area contributed by atoms with Crippen LogP contribution in [0.5, 0.6) is 0 Å². The smallest absolute Gasteiger partial charge is 0.408 e. The fraction of sp³-hybridized carbons (Fsp3) is 0.800. The van der Waals surface area contributed by atoms with Crippen LogP contribution >= 0.6 is 0 Å². The van der Waals surface area contributed by atoms with Crippen molar-refractivity contribution in [1.29, 1.82) is 0 Å². The monoisotopic (exact) mass is 315 g/mol. The van der Waals surface area contributed by atoms with Gasteiger partial charge in [0.2, 0.25) is 0 Å². The summed E-state index contributed by atoms with van der Waals surface area (Å²) in [6.45, 7) is 5.20. The van der Waals surface area contributed by atoms with E-state index in [1.165, 1.54) is 7.11 Å². The van der Waals surface area contributed by atoms with E-state index in [0.29, 0.717) is 25.7 Å². The molecular formula is C15H25NO6. The molecule has 0 spiro atoms. The van der Waals surface area contributed by atoms with E-state index >= 15 is 0 Å². The minimum atomic E-state index is -0.812. The molecule has 1 rings (SSSR count). The van der Waals surface area contributed by atoms with E-state index in [2.05, 4.69) is 5.32 Å². The first-order chi connectivity index (χ1) is 10.1. The third kappa shape index (κ3) is 5.54. The maximum absolute atomic E-state index is 11.9. The highest BCUT2D eigenvalue weighted by atomic mass is 16.6. The Morgan fingerprint density at radius 3 is 2.09 bits per heavy atom. The van der Waals surface area contributed by atoms with Gasteiger partial charge in [0.15, 0.2) is 0 Å². The van der Waals surface area contributed by atoms with Gasteiger partial charge in [0, 0.05) is 0 Å². The summed E-state index contributed by atoms with van der Waals surface area (Å²) in [5.74, 6) is -1.87. The molecule has 0 aromatic heterocycles. The number of amides is 1. The third-order valence-corrected chi connectivity index (χ3v) is 3.72. The number of carboxylic acid groups (broad SMARTS) is 1. The van der Waals surface area contributed by atoms with Crippen LogP contribution in [0, 0.1) is 11.8 Å². The van der Waals surface area contributed by atoms with E-state index in [1.807, 2.05) is 0 Å². The Morgan fingerprint density at radius 2 is 1.68 bits per heavy atom. The first-order valence-electron chi connectivity index (χ1n) is 7.44. The molecule has 2 N–H and O–H groups in total. The lowest BCUT2D eigenvalue weighted by atomic mass is 9.78. The van der Waals surface area contributed by atoms with Crippen molar-refractivity contribution in [2.24, 2.45) is 11.8 Å². The van der Waals surface area contributed by atoms with E-state index in [1.54, 1.807) is 20.8 Å². The molecule has 7 heteroatoms. The molecule has 0 bridgehead atoms. The molecule has 126 valence electrons. The Labute approximate surface area is 130 Å². The number of ether oxygens (including phenoxy) is 2. The molecule has 0 heterocycles. The van der Waals surface area contributed by atoms with Gasteiger partial charge in [-0.05, 0) is 52.4 Å². The third-order valence-electron chi connectivity index (χ3n) is 3.72. The Kier molecular flexibility index (Phi) is 6.20. The Bertz CT molecular complexity index is 420. The van der Waals surface area contributed by atoms with Gasteiger partial charge < -0.3 is 19.9 Å². The van der Waals surface area contributed by atoms with Crippen molar-refractivity contribution in [2.45, 2.75) is 58.1 Å². The van der Waals surface area contributed by atoms with Crippen LogP contribution in [-0.2, 0) is 19.1 Å². The van der Waals surface area contributed by atoms with Crippen molar-refractivity contribution >= 4 is 18.0 Å². The molecule has 1 amide bonds. The molecule has 1 aliphatic rings. The average Bonchev–Trinajstić information content (AvgIpc) is 2.42. The molecule has 0 radical (unpaired) electrons. The van der Waals surface area contributed by atoms with Gasteiger partial charge in [0.05, 0.1) is 13.0 Å². The average molecular weight is 315 g/mol. The highest BCUT2D eigenvalue weighted by molar-refractivity contribution is 5.81. The number of nitrogens with one attached hydrogen (secondary N) is 1. The molecule has 1 atom stereocenters. The van der Waals surface area contributed by atoms with Crippen LogP contribution in [0.4, 0.5) is 4.79 Å². The summed E-state index contributed by atoms with van der Waals surface area (Å²) in [5.41, 5.74) is -0.661. The van der Waals surface area contributed by atoms with Crippen molar-refractivity contribution in [3.8, 4) is 0 Å². The van der Waals surface area contributed by atoms with Crippen molar-refractivity contribution in [1.82, 2.24) is 5.32 Å². The van der Waals surface area contributed by atoms with Crippen molar-refractivity contribution in [3.63, 3.8) is 0 Å². The number of carbonyl (C=O) groups is 3. The summed E-state index contributed by atoms with van der Waals surface area (Å²) in [6, 6.07) is -0.811. The number of esters is 1. The molecule has 7 nitrogen and oxygen atoms in total. The van der Waals surface area contributed by atoms with Gasteiger partial charge in [-0.2, -0.15) is 0 Å². The van der Waals surface area contributed by atoms with Crippen LogP contribution in [-0.4, -0.2) is 41.9 Å². The summed E-state index contributed by atoms with van der Waals surface area (Å²) in [4.78, 5) is 34.8. The zero-order valence-electron chi connectivity index (χ0n) is 13.5. The zero-order chi connectivity index (χ0) is 16.9. The topological polar surface area (TPSA) is 102 Å². The lowest BCUT2D eigenvalue weighted by molar-refractivity contribution is -0.146. The van der Waals surface area contributed by atoms with Crippen LogP contribution in [0.15, 0.2) is 0 Å². The van der Waals surface area contributed by atoms with E-state index in [9.17, 15) is 14.4 Å². The van der Waals surface area contributed by atoms with E-state index < -0.39 is 29.7 Å². The highest BCUT2D eigenvalue weighted by Gasteiger charge is 2.36. The second-order valence-electron chi connectivity index (χ2n) is 6.60. The van der Waals surface area contributed by atoms with Gasteiger partial charge >= 0.3 is 18.0 Å². The van der Waals surface area contributed by atoms with Crippen LogP contribution in [0.1, 0.15) is 46.5 Å². The summed E-state index contributed by atoms with van der Waals surface area (Å²) < 4.78 is 9.91. The van der Waals surface area contributed by atoms with Crippen LogP contribution < -0.4 is 5.32 Å². The number of hydrogen-bond acceptors (Lipinski definition) is 5. The van der Waals surface area contributed by atoms with E-state index in [0.717, 1.165) is 0 Å². The second-order valence-corrected chi connectivity index (χ2v) is 6.60. The Balaban J connectivity index is 2.68. The molecule has 0 aliphatic heterocycles. The van der Waals surface area contributed by atoms with Crippen LogP contribution in [0.3, 0.4) is 0 Å². The van der Waals surface area contributed by atoms with Crippen LogP contribution in [0.25, 0.3) is 0 Å². The van der Waals surface area contributed by atoms with Gasteiger partial charge in [-0.1, -0.05) is 0 Å². The normalized spacial score (nSPS) is 23.3. The summed E-state index contributed by atoms with van der Waals surface area (Å²) in [6.07, 6.45) is 1.40.